The van der Waals surface area contributed by atoms with Crippen LogP contribution in [-0.4, -0.2) is 4.21 Å². The van der Waals surface area contributed by atoms with Crippen LogP contribution in [0.2, 0.25) is 0 Å². The van der Waals surface area contributed by atoms with Crippen LogP contribution in [0.1, 0.15) is 11.1 Å². The molecule has 0 bridgehead atoms. The molecule has 0 amide bonds. The molecule has 1 aliphatic rings. The summed E-state index contributed by atoms with van der Waals surface area (Å²) in [6.45, 7) is 0. The predicted octanol–water partition coefficient (Wildman–Crippen LogP) is 4.14. The summed E-state index contributed by atoms with van der Waals surface area (Å²) >= 11 is 0. The smallest absolute Gasteiger partial charge is 0.0528 e. The first-order chi connectivity index (χ1) is 11.3. The largest absolute Gasteiger partial charge is 0.319 e. The summed E-state index contributed by atoms with van der Waals surface area (Å²) < 4.78 is 17.2. The van der Waals surface area contributed by atoms with E-state index in [1.54, 1.807) is 0 Å². The van der Waals surface area contributed by atoms with Crippen molar-refractivity contribution < 1.29 is 4.21 Å². The van der Waals surface area contributed by atoms with E-state index in [-0.39, 0.29) is 0 Å². The van der Waals surface area contributed by atoms with E-state index in [0.29, 0.717) is 0 Å². The molecular weight excluding hydrogens is 302 g/mol. The van der Waals surface area contributed by atoms with Crippen molar-refractivity contribution in [1.29, 1.82) is 0 Å². The van der Waals surface area contributed by atoms with Crippen molar-refractivity contribution in [2.75, 3.05) is 0 Å². The van der Waals surface area contributed by atoms with Crippen molar-refractivity contribution in [2.45, 2.75) is 9.79 Å². The van der Waals surface area contributed by atoms with Gasteiger partial charge < -0.3 is 4.72 Å². The molecule has 0 aliphatic carbocycles. The van der Waals surface area contributed by atoms with Crippen LogP contribution in [0, 0.1) is 0 Å². The Kier molecular flexibility index (Phi) is 3.36. The lowest BCUT2D eigenvalue weighted by atomic mass is 10.1. The molecule has 3 heteroatoms. The van der Waals surface area contributed by atoms with E-state index < -0.39 is 10.1 Å². The first kappa shape index (κ1) is 14.0. The molecule has 0 saturated heterocycles. The number of nitrogens with one attached hydrogen (secondary N) is 1. The number of rotatable bonds is 2. The lowest BCUT2D eigenvalue weighted by molar-refractivity contribution is 0.665. The number of hydrogen-bond acceptors (Lipinski definition) is 1. The van der Waals surface area contributed by atoms with Gasteiger partial charge in [-0.15, -0.1) is 0 Å². The van der Waals surface area contributed by atoms with Gasteiger partial charge in [0.25, 0.3) is 0 Å². The van der Waals surface area contributed by atoms with Crippen LogP contribution in [0.5, 0.6) is 0 Å². The summed E-state index contributed by atoms with van der Waals surface area (Å²) in [6, 6.07) is 27.6. The highest BCUT2D eigenvalue weighted by Crippen LogP contribution is 2.36. The minimum Gasteiger partial charge on any atom is -0.319 e. The Morgan fingerprint density at radius 2 is 1.30 bits per heavy atom. The van der Waals surface area contributed by atoms with E-state index in [9.17, 15) is 4.21 Å². The first-order valence-electron chi connectivity index (χ1n) is 7.58. The Morgan fingerprint density at radius 3 is 2.04 bits per heavy atom. The van der Waals surface area contributed by atoms with Gasteiger partial charge in [-0.05, 0) is 35.4 Å². The molecule has 0 aromatic heterocycles. The predicted molar refractivity (Wildman–Crippen MR) is 96.4 cm³/mol. The Labute approximate surface area is 137 Å². The van der Waals surface area contributed by atoms with Gasteiger partial charge in [-0.1, -0.05) is 66.7 Å². The molecule has 23 heavy (non-hydrogen) atoms. The summed E-state index contributed by atoms with van der Waals surface area (Å²) in [5, 5.41) is 0. The number of hydrogen-bond donors (Lipinski definition) is 2. The van der Waals surface area contributed by atoms with E-state index in [2.05, 4.69) is 10.8 Å². The minimum atomic E-state index is -2.90. The topological polar surface area (TPSA) is 29.1 Å². The highest BCUT2D eigenvalue weighted by atomic mass is 32.3. The van der Waals surface area contributed by atoms with Crippen molar-refractivity contribution >= 4 is 21.9 Å². The van der Waals surface area contributed by atoms with E-state index in [1.807, 2.05) is 84.9 Å². The van der Waals surface area contributed by atoms with Gasteiger partial charge in [0.1, 0.15) is 0 Å². The van der Waals surface area contributed by atoms with E-state index in [4.69, 9.17) is 0 Å². The molecule has 1 N–H and O–H groups in total. The molecule has 0 atom stereocenters. The molecule has 0 spiro atoms. The van der Waals surface area contributed by atoms with Crippen LogP contribution in [0.25, 0.3) is 11.8 Å². The zero-order valence-electron chi connectivity index (χ0n) is 12.5. The molecule has 1 aliphatic heterocycles. The second-order valence-corrected chi connectivity index (χ2v) is 7.98. The number of benzene rings is 3. The highest BCUT2D eigenvalue weighted by molar-refractivity contribution is 8.01. The standard InChI is InChI=1S/C20H17NOS/c22-23(18-12-5-2-6-13-18)20-14-8-7-11-17(20)15-19(21-23)16-9-3-1-4-10-16/h1-15,23H,(H,21,22). The third kappa shape index (κ3) is 2.39. The Morgan fingerprint density at radius 1 is 0.696 bits per heavy atom. The third-order valence-electron chi connectivity index (χ3n) is 4.06. The summed E-state index contributed by atoms with van der Waals surface area (Å²) in [6.07, 6.45) is 2.07. The summed E-state index contributed by atoms with van der Waals surface area (Å²) in [7, 11) is -2.90. The lowest BCUT2D eigenvalue weighted by Gasteiger charge is -2.33. The molecule has 0 fully saturated rings. The molecule has 114 valence electrons. The highest BCUT2D eigenvalue weighted by Gasteiger charge is 2.27. The van der Waals surface area contributed by atoms with Gasteiger partial charge in [-0.2, -0.15) is 0 Å². The summed E-state index contributed by atoms with van der Waals surface area (Å²) in [5.41, 5.74) is 2.95. The van der Waals surface area contributed by atoms with Gasteiger partial charge in [-0.25, -0.2) is 0 Å². The van der Waals surface area contributed by atoms with Crippen LogP contribution in [0.4, 0.5) is 0 Å². The van der Waals surface area contributed by atoms with Gasteiger partial charge in [-0.3, -0.25) is 4.21 Å². The maximum Gasteiger partial charge on any atom is 0.0528 e. The molecule has 3 aromatic carbocycles. The second kappa shape index (κ2) is 5.52. The maximum atomic E-state index is 13.9. The van der Waals surface area contributed by atoms with E-state index in [0.717, 1.165) is 26.6 Å². The number of fused-ring (bicyclic) bond motifs is 1. The van der Waals surface area contributed by atoms with Gasteiger partial charge in [0.15, 0.2) is 0 Å². The maximum absolute atomic E-state index is 13.9. The second-order valence-electron chi connectivity index (χ2n) is 5.54. The normalized spacial score (nSPS) is 16.6. The van der Waals surface area contributed by atoms with Crippen molar-refractivity contribution in [1.82, 2.24) is 4.72 Å². The van der Waals surface area contributed by atoms with Crippen LogP contribution in [0.3, 0.4) is 0 Å². The van der Waals surface area contributed by atoms with Crippen molar-refractivity contribution in [2.24, 2.45) is 0 Å². The van der Waals surface area contributed by atoms with E-state index >= 15 is 0 Å². The zero-order valence-corrected chi connectivity index (χ0v) is 13.4. The van der Waals surface area contributed by atoms with Crippen LogP contribution in [-0.2, 0) is 10.1 Å². The molecule has 3 aromatic rings. The first-order valence-corrected chi connectivity index (χ1v) is 9.29. The molecular formula is C20H17NOS. The molecule has 0 saturated carbocycles. The Hall–Kier alpha value is -2.65. The zero-order chi connectivity index (χ0) is 15.7. The van der Waals surface area contributed by atoms with Gasteiger partial charge in [0.2, 0.25) is 0 Å². The lowest BCUT2D eigenvalue weighted by Crippen LogP contribution is -2.33. The molecule has 0 unspecified atom stereocenters. The van der Waals surface area contributed by atoms with Crippen molar-refractivity contribution in [3.63, 3.8) is 0 Å². The van der Waals surface area contributed by atoms with Crippen molar-refractivity contribution in [3.8, 4) is 0 Å². The average Bonchev–Trinajstić information content (AvgIpc) is 2.63. The Bertz CT molecular complexity index is 917. The number of thiol groups is 1. The third-order valence-corrected chi connectivity index (χ3v) is 6.73. The van der Waals surface area contributed by atoms with Gasteiger partial charge >= 0.3 is 0 Å². The van der Waals surface area contributed by atoms with Gasteiger partial charge in [0, 0.05) is 19.9 Å². The molecule has 0 radical (unpaired) electrons. The fraction of sp³-hybridized carbons (Fsp3) is 0. The molecule has 1 heterocycles. The summed E-state index contributed by atoms with van der Waals surface area (Å²) in [4.78, 5) is 1.69. The molecule has 4 rings (SSSR count). The minimum absolute atomic E-state index is 0.828. The van der Waals surface area contributed by atoms with E-state index in [1.165, 1.54) is 0 Å². The fourth-order valence-corrected chi connectivity index (χ4v) is 5.37. The monoisotopic (exact) mass is 319 g/mol. The van der Waals surface area contributed by atoms with Crippen LogP contribution >= 0.6 is 0 Å². The van der Waals surface area contributed by atoms with Crippen LogP contribution in [0.15, 0.2) is 94.7 Å². The Balaban J connectivity index is 1.93. The molecule has 2 nitrogen and oxygen atoms in total. The van der Waals surface area contributed by atoms with Crippen LogP contribution < -0.4 is 4.72 Å². The summed E-state index contributed by atoms with van der Waals surface area (Å²) in [5.74, 6) is 0. The quantitative estimate of drug-likeness (QED) is 0.683. The van der Waals surface area contributed by atoms with Gasteiger partial charge in [0.05, 0.1) is 5.70 Å². The SMILES string of the molecule is O=[SH]1(c2ccccc2)NC(c2ccccc2)=Cc2ccccc21. The van der Waals surface area contributed by atoms with Crippen molar-refractivity contribution in [3.05, 3.63) is 96.1 Å². The fourth-order valence-electron chi connectivity index (χ4n) is 2.92. The average molecular weight is 319 g/mol.